The SMILES string of the molecule is O=C(Nc1ccc(C[C@H](NC2=C(Br)C(=O)C23CCCCC3)C(=O)OC2CCOC2)cc1)c1c(Cl)cncc1Cl. The highest BCUT2D eigenvalue weighted by molar-refractivity contribution is 9.12. The maximum Gasteiger partial charge on any atom is 0.329 e. The van der Waals surface area contributed by atoms with E-state index < -0.39 is 17.4 Å². The third-order valence-corrected chi connectivity index (χ3v) is 8.87. The number of esters is 1. The predicted octanol–water partition coefficient (Wildman–Crippen LogP) is 5.61. The van der Waals surface area contributed by atoms with Crippen molar-refractivity contribution in [3.8, 4) is 0 Å². The molecule has 2 fully saturated rings. The highest BCUT2D eigenvalue weighted by Gasteiger charge is 2.54. The number of halogens is 3. The Balaban J connectivity index is 1.32. The molecule has 1 unspecified atom stereocenters. The number of Topliss-reactive ketones (excluding diaryl/α,β-unsaturated/α-hetero) is 1. The molecule has 5 rings (SSSR count). The van der Waals surface area contributed by atoms with Gasteiger partial charge in [-0.2, -0.15) is 0 Å². The molecule has 1 saturated heterocycles. The molecule has 8 nitrogen and oxygen atoms in total. The van der Waals surface area contributed by atoms with Gasteiger partial charge in [-0.15, -0.1) is 0 Å². The van der Waals surface area contributed by atoms with Crippen LogP contribution in [0.2, 0.25) is 10.0 Å². The number of hydrogen-bond acceptors (Lipinski definition) is 7. The zero-order chi connectivity index (χ0) is 27.6. The van der Waals surface area contributed by atoms with Gasteiger partial charge in [-0.1, -0.05) is 54.6 Å². The van der Waals surface area contributed by atoms with Gasteiger partial charge in [-0.25, -0.2) is 4.79 Å². The average molecular weight is 637 g/mol. The van der Waals surface area contributed by atoms with Crippen molar-refractivity contribution < 1.29 is 23.9 Å². The number of amides is 1. The molecule has 1 spiro atoms. The molecule has 39 heavy (non-hydrogen) atoms. The Bertz CT molecular complexity index is 1280. The molecule has 1 amide bonds. The third kappa shape index (κ3) is 5.87. The molecule has 1 aromatic heterocycles. The summed E-state index contributed by atoms with van der Waals surface area (Å²) in [5.74, 6) is -0.732. The molecule has 1 aliphatic heterocycles. The van der Waals surface area contributed by atoms with Crippen LogP contribution in [0.1, 0.15) is 54.4 Å². The van der Waals surface area contributed by atoms with E-state index in [1.165, 1.54) is 12.4 Å². The van der Waals surface area contributed by atoms with Crippen LogP contribution in [0, 0.1) is 5.41 Å². The number of benzene rings is 1. The first-order valence-electron chi connectivity index (χ1n) is 13.0. The third-order valence-electron chi connectivity index (χ3n) is 7.55. The Morgan fingerprint density at radius 3 is 2.46 bits per heavy atom. The number of allylic oxidation sites excluding steroid dienone is 2. The minimum Gasteiger partial charge on any atom is -0.458 e. The van der Waals surface area contributed by atoms with E-state index in [1.807, 2.05) is 12.1 Å². The maximum absolute atomic E-state index is 13.3. The second kappa shape index (κ2) is 12.0. The fraction of sp³-hybridized carbons (Fsp3) is 0.429. The number of anilines is 1. The Hall–Kier alpha value is -2.46. The molecule has 2 aromatic rings. The fourth-order valence-electron chi connectivity index (χ4n) is 5.42. The lowest BCUT2D eigenvalue weighted by atomic mass is 9.62. The Labute approximate surface area is 244 Å². The maximum atomic E-state index is 13.3. The molecule has 2 atom stereocenters. The lowest BCUT2D eigenvalue weighted by Crippen LogP contribution is -2.54. The molecule has 3 aliphatic rings. The monoisotopic (exact) mass is 635 g/mol. The lowest BCUT2D eigenvalue weighted by molar-refractivity contribution is -0.151. The van der Waals surface area contributed by atoms with Crippen LogP contribution < -0.4 is 10.6 Å². The van der Waals surface area contributed by atoms with Crippen LogP contribution in [0.15, 0.2) is 46.8 Å². The minimum atomic E-state index is -0.699. The van der Waals surface area contributed by atoms with Gasteiger partial charge in [0.15, 0.2) is 5.78 Å². The van der Waals surface area contributed by atoms with Gasteiger partial charge < -0.3 is 20.1 Å². The number of ketones is 1. The van der Waals surface area contributed by atoms with E-state index in [-0.39, 0.29) is 33.5 Å². The molecule has 11 heteroatoms. The van der Waals surface area contributed by atoms with Crippen molar-refractivity contribution in [3.05, 3.63) is 68.0 Å². The summed E-state index contributed by atoms with van der Waals surface area (Å²) in [4.78, 5) is 42.8. The summed E-state index contributed by atoms with van der Waals surface area (Å²) in [6.07, 6.45) is 8.05. The number of carbonyl (C=O) groups excluding carboxylic acids is 3. The first kappa shape index (κ1) is 28.1. The zero-order valence-corrected chi connectivity index (χ0v) is 24.2. The van der Waals surface area contributed by atoms with Crippen LogP contribution in [-0.4, -0.2) is 48.0 Å². The summed E-state index contributed by atoms with van der Waals surface area (Å²) < 4.78 is 11.6. The number of aromatic nitrogens is 1. The first-order valence-corrected chi connectivity index (χ1v) is 14.5. The normalized spacial score (nSPS) is 20.9. The molecule has 2 heterocycles. The number of pyridine rings is 1. The van der Waals surface area contributed by atoms with Crippen molar-refractivity contribution in [1.29, 1.82) is 0 Å². The molecule has 0 bridgehead atoms. The number of carbonyl (C=O) groups is 3. The van der Waals surface area contributed by atoms with E-state index in [0.29, 0.717) is 36.2 Å². The predicted molar refractivity (Wildman–Crippen MR) is 151 cm³/mol. The van der Waals surface area contributed by atoms with Gasteiger partial charge in [0.05, 0.1) is 38.7 Å². The lowest BCUT2D eigenvalue weighted by Gasteiger charge is -2.46. The van der Waals surface area contributed by atoms with Crippen LogP contribution in [0.25, 0.3) is 0 Å². The van der Waals surface area contributed by atoms with Crippen LogP contribution in [0.3, 0.4) is 0 Å². The topological polar surface area (TPSA) is 107 Å². The standard InChI is InChI=1S/C28H28BrCl2N3O5/c29-23-24(28(25(23)35)9-2-1-3-10-28)34-21(27(37)39-18-8-11-38-15-18)12-16-4-6-17(7-5-16)33-26(36)22-19(30)13-32-14-20(22)31/h4-7,13-14,18,21,34H,1-3,8-12,15H2,(H,33,36)/t18?,21-/m0/s1. The summed E-state index contributed by atoms with van der Waals surface area (Å²) in [5, 5.41) is 6.48. The van der Waals surface area contributed by atoms with E-state index in [1.54, 1.807) is 12.1 Å². The summed E-state index contributed by atoms with van der Waals surface area (Å²) in [6, 6.07) is 6.45. The van der Waals surface area contributed by atoms with Gasteiger partial charge in [0.2, 0.25) is 0 Å². The zero-order valence-electron chi connectivity index (χ0n) is 21.1. The summed E-state index contributed by atoms with van der Waals surface area (Å²) in [5.41, 5.74) is 1.79. The molecular formula is C28H28BrCl2N3O5. The van der Waals surface area contributed by atoms with Crippen LogP contribution in [0.4, 0.5) is 5.69 Å². The molecule has 1 aromatic carbocycles. The number of rotatable bonds is 8. The summed E-state index contributed by atoms with van der Waals surface area (Å²) >= 11 is 15.6. The molecule has 0 radical (unpaired) electrons. The van der Waals surface area contributed by atoms with Crippen molar-refractivity contribution in [2.45, 2.75) is 57.1 Å². The Kier molecular flexibility index (Phi) is 8.61. The van der Waals surface area contributed by atoms with Crippen molar-refractivity contribution in [2.24, 2.45) is 5.41 Å². The van der Waals surface area contributed by atoms with Crippen molar-refractivity contribution in [2.75, 3.05) is 18.5 Å². The number of hydrogen-bond donors (Lipinski definition) is 2. The highest BCUT2D eigenvalue weighted by atomic mass is 79.9. The molecule has 206 valence electrons. The van der Waals surface area contributed by atoms with Crippen molar-refractivity contribution in [1.82, 2.24) is 10.3 Å². The van der Waals surface area contributed by atoms with Gasteiger partial charge in [0.25, 0.3) is 5.91 Å². The van der Waals surface area contributed by atoms with Crippen molar-refractivity contribution in [3.63, 3.8) is 0 Å². The molecular weight excluding hydrogens is 609 g/mol. The smallest absolute Gasteiger partial charge is 0.329 e. The van der Waals surface area contributed by atoms with Crippen LogP contribution >= 0.6 is 39.1 Å². The number of nitrogens with zero attached hydrogens (tertiary/aromatic N) is 1. The van der Waals surface area contributed by atoms with E-state index in [0.717, 1.165) is 43.4 Å². The van der Waals surface area contributed by atoms with Crippen LogP contribution in [0.5, 0.6) is 0 Å². The highest BCUT2D eigenvalue weighted by Crippen LogP contribution is 2.53. The first-order chi connectivity index (χ1) is 18.8. The van der Waals surface area contributed by atoms with E-state index >= 15 is 0 Å². The molecule has 2 aliphatic carbocycles. The van der Waals surface area contributed by atoms with E-state index in [2.05, 4.69) is 31.5 Å². The summed E-state index contributed by atoms with van der Waals surface area (Å²) in [6.45, 7) is 0.945. The quantitative estimate of drug-likeness (QED) is 0.363. The molecule has 2 N–H and O–H groups in total. The summed E-state index contributed by atoms with van der Waals surface area (Å²) in [7, 11) is 0. The van der Waals surface area contributed by atoms with Crippen LogP contribution in [-0.2, 0) is 25.5 Å². The second-order valence-electron chi connectivity index (χ2n) is 10.1. The van der Waals surface area contributed by atoms with E-state index in [9.17, 15) is 14.4 Å². The Morgan fingerprint density at radius 2 is 1.82 bits per heavy atom. The fourth-order valence-corrected chi connectivity index (χ4v) is 6.83. The second-order valence-corrected chi connectivity index (χ2v) is 11.7. The van der Waals surface area contributed by atoms with Crippen molar-refractivity contribution >= 4 is 62.5 Å². The molecule has 1 saturated carbocycles. The minimum absolute atomic E-state index is 0.107. The van der Waals surface area contributed by atoms with Gasteiger partial charge in [-0.3, -0.25) is 14.6 Å². The van der Waals surface area contributed by atoms with Gasteiger partial charge in [0.1, 0.15) is 12.1 Å². The Morgan fingerprint density at radius 1 is 1.13 bits per heavy atom. The van der Waals surface area contributed by atoms with Gasteiger partial charge in [0, 0.05) is 36.6 Å². The van der Waals surface area contributed by atoms with E-state index in [4.69, 9.17) is 32.7 Å². The van der Waals surface area contributed by atoms with Gasteiger partial charge >= 0.3 is 5.97 Å². The average Bonchev–Trinajstić information content (AvgIpc) is 3.44. The van der Waals surface area contributed by atoms with Gasteiger partial charge in [-0.05, 0) is 46.5 Å². The largest absolute Gasteiger partial charge is 0.458 e. The number of ether oxygens (including phenoxy) is 2. The number of nitrogens with one attached hydrogen (secondary N) is 2.